The summed E-state index contributed by atoms with van der Waals surface area (Å²) < 4.78 is 5.31. The van der Waals surface area contributed by atoms with Crippen molar-refractivity contribution in [2.24, 2.45) is 0 Å². The molecule has 0 saturated heterocycles. The van der Waals surface area contributed by atoms with Crippen LogP contribution in [0.25, 0.3) is 16.8 Å². The van der Waals surface area contributed by atoms with Gasteiger partial charge in [0.25, 0.3) is 0 Å². The van der Waals surface area contributed by atoms with Gasteiger partial charge in [-0.05, 0) is 30.2 Å². The highest BCUT2D eigenvalue weighted by atomic mass is 35.5. The van der Waals surface area contributed by atoms with Crippen LogP contribution in [0.1, 0.15) is 17.5 Å². The maximum Gasteiger partial charge on any atom is 0.142 e. The van der Waals surface area contributed by atoms with Crippen molar-refractivity contribution in [1.29, 1.82) is 5.26 Å². The molecule has 2 aromatic carbocycles. The highest BCUT2D eigenvalue weighted by Crippen LogP contribution is 2.30. The molecular formula is C21H18ClN3OS. The smallest absolute Gasteiger partial charge is 0.142 e. The van der Waals surface area contributed by atoms with Gasteiger partial charge in [-0.2, -0.15) is 5.26 Å². The van der Waals surface area contributed by atoms with Crippen LogP contribution in [0.5, 0.6) is 5.75 Å². The van der Waals surface area contributed by atoms with Crippen LogP contribution in [0.15, 0.2) is 54.0 Å². The number of benzene rings is 2. The van der Waals surface area contributed by atoms with Gasteiger partial charge in [-0.1, -0.05) is 42.8 Å². The fourth-order valence-electron chi connectivity index (χ4n) is 2.53. The Morgan fingerprint density at radius 3 is 2.74 bits per heavy atom. The number of rotatable bonds is 6. The number of aromatic nitrogens is 1. The van der Waals surface area contributed by atoms with Gasteiger partial charge in [-0.15, -0.1) is 11.3 Å². The SMILES string of the molecule is CCc1ccc(-c2csc(C(C#N)=CNc3cc(Cl)ccc3OC)n2)cc1. The van der Waals surface area contributed by atoms with E-state index < -0.39 is 0 Å². The molecule has 0 aliphatic carbocycles. The fourth-order valence-corrected chi connectivity index (χ4v) is 3.49. The molecule has 136 valence electrons. The number of allylic oxidation sites excluding steroid dienone is 1. The number of halogens is 1. The first-order valence-electron chi connectivity index (χ1n) is 8.40. The number of methoxy groups -OCH3 is 1. The van der Waals surface area contributed by atoms with Crippen molar-refractivity contribution >= 4 is 34.2 Å². The van der Waals surface area contributed by atoms with E-state index in [1.165, 1.54) is 16.9 Å². The fraction of sp³-hybridized carbons (Fsp3) is 0.143. The third-order valence-electron chi connectivity index (χ3n) is 4.05. The molecule has 0 aliphatic rings. The summed E-state index contributed by atoms with van der Waals surface area (Å²) in [5, 5.41) is 15.8. The predicted octanol–water partition coefficient (Wildman–Crippen LogP) is 6.01. The molecule has 0 amide bonds. The van der Waals surface area contributed by atoms with Crippen molar-refractivity contribution in [2.45, 2.75) is 13.3 Å². The van der Waals surface area contributed by atoms with Crippen LogP contribution in [0.4, 0.5) is 5.69 Å². The summed E-state index contributed by atoms with van der Waals surface area (Å²) in [7, 11) is 1.58. The third-order valence-corrected chi connectivity index (χ3v) is 5.16. The minimum atomic E-state index is 0.443. The number of anilines is 1. The molecule has 0 atom stereocenters. The Bertz CT molecular complexity index is 1000. The Balaban J connectivity index is 1.84. The Morgan fingerprint density at radius 2 is 2.07 bits per heavy atom. The molecule has 6 heteroatoms. The average Bonchev–Trinajstić information content (AvgIpc) is 3.19. The van der Waals surface area contributed by atoms with Crippen molar-refractivity contribution in [3.63, 3.8) is 0 Å². The van der Waals surface area contributed by atoms with Crippen LogP contribution in [0.3, 0.4) is 0 Å². The van der Waals surface area contributed by atoms with Crippen molar-refractivity contribution < 1.29 is 4.74 Å². The van der Waals surface area contributed by atoms with Crippen LogP contribution >= 0.6 is 22.9 Å². The zero-order valence-corrected chi connectivity index (χ0v) is 16.6. The number of hydrogen-bond acceptors (Lipinski definition) is 5. The standard InChI is InChI=1S/C21H18ClN3OS/c1-3-14-4-6-15(7-5-14)19-13-27-21(25-19)16(11-23)12-24-18-10-17(22)8-9-20(18)26-2/h4-10,12-13,24H,3H2,1-2H3. The summed E-state index contributed by atoms with van der Waals surface area (Å²) >= 11 is 7.48. The summed E-state index contributed by atoms with van der Waals surface area (Å²) in [6.07, 6.45) is 2.62. The average molecular weight is 396 g/mol. The number of ether oxygens (including phenoxy) is 1. The molecule has 3 rings (SSSR count). The number of nitriles is 1. The highest BCUT2D eigenvalue weighted by molar-refractivity contribution is 7.11. The molecule has 0 unspecified atom stereocenters. The first-order valence-corrected chi connectivity index (χ1v) is 9.66. The van der Waals surface area contributed by atoms with Gasteiger partial charge in [0.15, 0.2) is 0 Å². The Labute approximate surface area is 167 Å². The second-order valence-electron chi connectivity index (χ2n) is 5.75. The number of nitrogens with one attached hydrogen (secondary N) is 1. The lowest BCUT2D eigenvalue weighted by atomic mass is 10.1. The van der Waals surface area contributed by atoms with Gasteiger partial charge in [0.1, 0.15) is 22.4 Å². The van der Waals surface area contributed by atoms with E-state index >= 15 is 0 Å². The van der Waals surface area contributed by atoms with Crippen molar-refractivity contribution in [3.8, 4) is 23.1 Å². The normalized spacial score (nSPS) is 11.1. The van der Waals surface area contributed by atoms with Crippen LogP contribution in [0, 0.1) is 11.3 Å². The van der Waals surface area contributed by atoms with E-state index in [-0.39, 0.29) is 0 Å². The zero-order chi connectivity index (χ0) is 19.2. The van der Waals surface area contributed by atoms with E-state index in [1.807, 2.05) is 5.38 Å². The number of aryl methyl sites for hydroxylation is 1. The van der Waals surface area contributed by atoms with Gasteiger partial charge in [-0.25, -0.2) is 4.98 Å². The Kier molecular flexibility index (Phi) is 6.12. The highest BCUT2D eigenvalue weighted by Gasteiger charge is 2.10. The zero-order valence-electron chi connectivity index (χ0n) is 15.0. The van der Waals surface area contributed by atoms with Gasteiger partial charge in [0, 0.05) is 22.2 Å². The van der Waals surface area contributed by atoms with E-state index in [0.717, 1.165) is 17.7 Å². The molecule has 1 heterocycles. The van der Waals surface area contributed by atoms with E-state index in [2.05, 4.69) is 47.6 Å². The first kappa shape index (κ1) is 19.0. The molecule has 0 saturated carbocycles. The molecule has 27 heavy (non-hydrogen) atoms. The van der Waals surface area contributed by atoms with Crippen LogP contribution < -0.4 is 10.1 Å². The topological polar surface area (TPSA) is 57.9 Å². The van der Waals surface area contributed by atoms with Crippen molar-refractivity contribution in [2.75, 3.05) is 12.4 Å². The monoisotopic (exact) mass is 395 g/mol. The lowest BCUT2D eigenvalue weighted by Gasteiger charge is -2.08. The summed E-state index contributed by atoms with van der Waals surface area (Å²) in [6, 6.07) is 15.8. The summed E-state index contributed by atoms with van der Waals surface area (Å²) in [5.74, 6) is 0.642. The van der Waals surface area contributed by atoms with E-state index in [0.29, 0.717) is 27.0 Å². The summed E-state index contributed by atoms with van der Waals surface area (Å²) in [6.45, 7) is 2.13. The molecule has 1 aromatic heterocycles. The van der Waals surface area contributed by atoms with Gasteiger partial charge in [0.05, 0.1) is 18.5 Å². The Hall–Kier alpha value is -2.81. The van der Waals surface area contributed by atoms with Crippen molar-refractivity contribution in [3.05, 3.63) is 69.6 Å². The maximum atomic E-state index is 9.54. The van der Waals surface area contributed by atoms with Crippen LogP contribution in [-0.4, -0.2) is 12.1 Å². The third kappa shape index (κ3) is 4.48. The second kappa shape index (κ2) is 8.72. The number of nitrogens with zero attached hydrogens (tertiary/aromatic N) is 2. The van der Waals surface area contributed by atoms with Gasteiger partial charge >= 0.3 is 0 Å². The predicted molar refractivity (Wildman–Crippen MR) is 112 cm³/mol. The van der Waals surface area contributed by atoms with Crippen LogP contribution in [-0.2, 0) is 6.42 Å². The van der Waals surface area contributed by atoms with Gasteiger partial charge in [0.2, 0.25) is 0 Å². The lowest BCUT2D eigenvalue weighted by molar-refractivity contribution is 0.417. The molecule has 4 nitrogen and oxygen atoms in total. The summed E-state index contributed by atoms with van der Waals surface area (Å²) in [4.78, 5) is 4.61. The molecule has 0 aliphatic heterocycles. The van der Waals surface area contributed by atoms with E-state index in [9.17, 15) is 5.26 Å². The molecule has 0 bridgehead atoms. The number of thiazole rings is 1. The van der Waals surface area contributed by atoms with Crippen molar-refractivity contribution in [1.82, 2.24) is 4.98 Å². The van der Waals surface area contributed by atoms with Gasteiger partial charge in [-0.3, -0.25) is 0 Å². The Morgan fingerprint density at radius 1 is 1.30 bits per heavy atom. The maximum absolute atomic E-state index is 9.54. The number of hydrogen-bond donors (Lipinski definition) is 1. The molecule has 0 fully saturated rings. The lowest BCUT2D eigenvalue weighted by Crippen LogP contribution is -1.95. The molecular weight excluding hydrogens is 378 g/mol. The quantitative estimate of drug-likeness (QED) is 0.519. The van der Waals surface area contributed by atoms with Gasteiger partial charge < -0.3 is 10.1 Å². The molecule has 0 spiro atoms. The largest absolute Gasteiger partial charge is 0.495 e. The molecule has 0 radical (unpaired) electrons. The first-order chi connectivity index (χ1) is 13.1. The second-order valence-corrected chi connectivity index (χ2v) is 7.04. The summed E-state index contributed by atoms with van der Waals surface area (Å²) in [5.41, 5.74) is 4.31. The minimum absolute atomic E-state index is 0.443. The molecule has 1 N–H and O–H groups in total. The minimum Gasteiger partial charge on any atom is -0.495 e. The van der Waals surface area contributed by atoms with E-state index in [4.69, 9.17) is 16.3 Å². The molecule has 3 aromatic rings. The van der Waals surface area contributed by atoms with Crippen LogP contribution in [0.2, 0.25) is 5.02 Å². The van der Waals surface area contributed by atoms with E-state index in [1.54, 1.807) is 31.5 Å².